The van der Waals surface area contributed by atoms with Crippen LogP contribution in [0.1, 0.15) is 68.9 Å². The average Bonchev–Trinajstić information content (AvgIpc) is 2.60. The van der Waals surface area contributed by atoms with Gasteiger partial charge in [-0.25, -0.2) is 4.68 Å². The third kappa shape index (κ3) is 2.70. The summed E-state index contributed by atoms with van der Waals surface area (Å²) < 4.78 is 1.44. The van der Waals surface area contributed by atoms with Crippen molar-refractivity contribution in [2.24, 2.45) is 17.8 Å². The molecule has 5 nitrogen and oxygen atoms in total. The SMILES string of the molecule is CC(C)n1nc(C(=O)NC23CC4CC(CC(C4)C2)C3)c2ccccc2c1=O. The third-order valence-electron chi connectivity index (χ3n) is 6.95. The van der Waals surface area contributed by atoms with Gasteiger partial charge in [-0.3, -0.25) is 9.59 Å². The monoisotopic (exact) mass is 365 g/mol. The van der Waals surface area contributed by atoms with E-state index in [1.807, 2.05) is 32.0 Å². The van der Waals surface area contributed by atoms with E-state index in [9.17, 15) is 9.59 Å². The first-order chi connectivity index (χ1) is 12.9. The Morgan fingerprint density at radius 2 is 1.63 bits per heavy atom. The molecule has 0 aliphatic heterocycles. The predicted molar refractivity (Wildman–Crippen MR) is 105 cm³/mol. The zero-order valence-electron chi connectivity index (χ0n) is 16.1. The molecule has 27 heavy (non-hydrogen) atoms. The number of aromatic nitrogens is 2. The van der Waals surface area contributed by atoms with E-state index in [1.54, 1.807) is 6.07 Å². The Labute approximate surface area is 159 Å². The van der Waals surface area contributed by atoms with Crippen molar-refractivity contribution in [2.75, 3.05) is 0 Å². The van der Waals surface area contributed by atoms with E-state index in [0.717, 1.165) is 37.0 Å². The number of nitrogens with one attached hydrogen (secondary N) is 1. The van der Waals surface area contributed by atoms with Gasteiger partial charge in [0.05, 0.1) is 11.4 Å². The van der Waals surface area contributed by atoms with E-state index in [0.29, 0.717) is 16.5 Å². The van der Waals surface area contributed by atoms with Gasteiger partial charge in [0.1, 0.15) is 0 Å². The zero-order valence-corrected chi connectivity index (χ0v) is 16.1. The first-order valence-electron chi connectivity index (χ1n) is 10.3. The maximum Gasteiger partial charge on any atom is 0.274 e. The van der Waals surface area contributed by atoms with Gasteiger partial charge in [0.15, 0.2) is 5.69 Å². The number of hydrogen-bond acceptors (Lipinski definition) is 3. The second-order valence-corrected chi connectivity index (χ2v) is 9.39. The molecule has 1 amide bonds. The highest BCUT2D eigenvalue weighted by atomic mass is 16.2. The molecule has 4 bridgehead atoms. The number of fused-ring (bicyclic) bond motifs is 1. The van der Waals surface area contributed by atoms with Crippen LogP contribution in [0.5, 0.6) is 0 Å². The van der Waals surface area contributed by atoms with Crippen molar-refractivity contribution in [3.05, 3.63) is 40.3 Å². The molecule has 0 radical (unpaired) electrons. The maximum absolute atomic E-state index is 13.3. The van der Waals surface area contributed by atoms with E-state index < -0.39 is 0 Å². The lowest BCUT2D eigenvalue weighted by Crippen LogP contribution is -2.60. The molecule has 0 unspecified atom stereocenters. The predicted octanol–water partition coefficient (Wildman–Crippen LogP) is 3.68. The summed E-state index contributed by atoms with van der Waals surface area (Å²) in [5, 5.41) is 9.11. The van der Waals surface area contributed by atoms with Crippen molar-refractivity contribution in [1.29, 1.82) is 0 Å². The Bertz CT molecular complexity index is 940. The largest absolute Gasteiger partial charge is 0.345 e. The highest BCUT2D eigenvalue weighted by Crippen LogP contribution is 2.55. The van der Waals surface area contributed by atoms with Gasteiger partial charge in [-0.05, 0) is 76.2 Å². The molecule has 2 aromatic rings. The fraction of sp³-hybridized carbons (Fsp3) is 0.591. The average molecular weight is 365 g/mol. The van der Waals surface area contributed by atoms with Crippen molar-refractivity contribution in [1.82, 2.24) is 15.1 Å². The van der Waals surface area contributed by atoms with E-state index in [4.69, 9.17) is 0 Å². The van der Waals surface area contributed by atoms with Gasteiger partial charge in [0, 0.05) is 10.9 Å². The molecule has 4 saturated carbocycles. The molecule has 1 aromatic carbocycles. The van der Waals surface area contributed by atoms with Crippen LogP contribution < -0.4 is 10.9 Å². The van der Waals surface area contributed by atoms with E-state index >= 15 is 0 Å². The Balaban J connectivity index is 1.55. The topological polar surface area (TPSA) is 64.0 Å². The van der Waals surface area contributed by atoms with Crippen molar-refractivity contribution in [2.45, 2.75) is 64.0 Å². The molecule has 4 aliphatic carbocycles. The van der Waals surface area contributed by atoms with Crippen LogP contribution in [-0.4, -0.2) is 21.2 Å². The summed E-state index contributed by atoms with van der Waals surface area (Å²) in [6, 6.07) is 7.25. The molecule has 1 aromatic heterocycles. The van der Waals surface area contributed by atoms with Crippen molar-refractivity contribution >= 4 is 16.7 Å². The summed E-state index contributed by atoms with van der Waals surface area (Å²) >= 11 is 0. The van der Waals surface area contributed by atoms with Gasteiger partial charge >= 0.3 is 0 Å². The Kier molecular flexibility index (Phi) is 3.72. The first kappa shape index (κ1) is 17.0. The fourth-order valence-electron chi connectivity index (χ4n) is 6.29. The van der Waals surface area contributed by atoms with Gasteiger partial charge in [-0.2, -0.15) is 5.10 Å². The standard InChI is InChI=1S/C22H27N3O2/c1-13(2)25-21(27)18-6-4-3-5-17(18)19(24-25)20(26)23-22-10-14-7-15(11-22)9-16(8-14)12-22/h3-6,13-16H,7-12H2,1-2H3,(H,23,26). The zero-order chi connectivity index (χ0) is 18.8. The molecule has 6 rings (SSSR count). The van der Waals surface area contributed by atoms with Crippen LogP contribution >= 0.6 is 0 Å². The number of nitrogens with zero attached hydrogens (tertiary/aromatic N) is 2. The summed E-state index contributed by atoms with van der Waals surface area (Å²) in [6.45, 7) is 3.84. The van der Waals surface area contributed by atoms with Crippen LogP contribution in [0, 0.1) is 17.8 Å². The summed E-state index contributed by atoms with van der Waals surface area (Å²) in [4.78, 5) is 26.1. The maximum atomic E-state index is 13.3. The number of benzene rings is 1. The van der Waals surface area contributed by atoms with Crippen molar-refractivity contribution in [3.63, 3.8) is 0 Å². The smallest absolute Gasteiger partial charge is 0.274 e. The molecule has 142 valence electrons. The molecular formula is C22H27N3O2. The normalized spacial score (nSPS) is 31.6. The number of hydrogen-bond donors (Lipinski definition) is 1. The van der Waals surface area contributed by atoms with Gasteiger partial charge in [-0.15, -0.1) is 0 Å². The second-order valence-electron chi connectivity index (χ2n) is 9.39. The highest BCUT2D eigenvalue weighted by molar-refractivity contribution is 6.05. The molecule has 5 heteroatoms. The Morgan fingerprint density at radius 3 is 2.19 bits per heavy atom. The summed E-state index contributed by atoms with van der Waals surface area (Å²) in [5.74, 6) is 2.19. The summed E-state index contributed by atoms with van der Waals surface area (Å²) in [5.41, 5.74) is 0.189. The highest BCUT2D eigenvalue weighted by Gasteiger charge is 2.51. The lowest BCUT2D eigenvalue weighted by Gasteiger charge is -2.56. The Morgan fingerprint density at radius 1 is 1.07 bits per heavy atom. The lowest BCUT2D eigenvalue weighted by atomic mass is 9.53. The molecule has 0 atom stereocenters. The minimum Gasteiger partial charge on any atom is -0.345 e. The first-order valence-corrected chi connectivity index (χ1v) is 10.3. The third-order valence-corrected chi connectivity index (χ3v) is 6.95. The second kappa shape index (κ2) is 5.91. The van der Waals surface area contributed by atoms with Crippen LogP contribution in [0.2, 0.25) is 0 Å². The quantitative estimate of drug-likeness (QED) is 0.902. The van der Waals surface area contributed by atoms with Crippen LogP contribution in [-0.2, 0) is 0 Å². The minimum atomic E-state index is -0.132. The number of amides is 1. The molecule has 1 N–H and O–H groups in total. The lowest BCUT2D eigenvalue weighted by molar-refractivity contribution is -0.0167. The van der Waals surface area contributed by atoms with E-state index in [2.05, 4.69) is 10.4 Å². The fourth-order valence-corrected chi connectivity index (χ4v) is 6.29. The molecule has 0 saturated heterocycles. The number of carbonyl (C=O) groups is 1. The molecular weight excluding hydrogens is 338 g/mol. The van der Waals surface area contributed by atoms with Gasteiger partial charge in [0.2, 0.25) is 0 Å². The number of carbonyl (C=O) groups excluding carboxylic acids is 1. The van der Waals surface area contributed by atoms with Crippen molar-refractivity contribution in [3.8, 4) is 0 Å². The van der Waals surface area contributed by atoms with Gasteiger partial charge < -0.3 is 5.32 Å². The molecule has 0 spiro atoms. The van der Waals surface area contributed by atoms with E-state index in [1.165, 1.54) is 23.9 Å². The minimum absolute atomic E-state index is 0.0621. The summed E-state index contributed by atoms with van der Waals surface area (Å²) in [7, 11) is 0. The van der Waals surface area contributed by atoms with Crippen LogP contribution in [0.25, 0.3) is 10.8 Å². The molecule has 1 heterocycles. The van der Waals surface area contributed by atoms with Gasteiger partial charge in [-0.1, -0.05) is 18.2 Å². The van der Waals surface area contributed by atoms with Crippen LogP contribution in [0.15, 0.2) is 29.1 Å². The molecule has 4 fully saturated rings. The number of rotatable bonds is 3. The summed E-state index contributed by atoms with van der Waals surface area (Å²) in [6.07, 6.45) is 7.34. The van der Waals surface area contributed by atoms with Crippen LogP contribution in [0.4, 0.5) is 0 Å². The van der Waals surface area contributed by atoms with E-state index in [-0.39, 0.29) is 23.0 Å². The molecule has 4 aliphatic rings. The van der Waals surface area contributed by atoms with Crippen LogP contribution in [0.3, 0.4) is 0 Å². The van der Waals surface area contributed by atoms with Gasteiger partial charge in [0.25, 0.3) is 11.5 Å². The Hall–Kier alpha value is -2.17. The van der Waals surface area contributed by atoms with Crippen molar-refractivity contribution < 1.29 is 4.79 Å².